The highest BCUT2D eigenvalue weighted by molar-refractivity contribution is 7.89. The number of esters is 1. The molecule has 0 spiro atoms. The zero-order valence-electron chi connectivity index (χ0n) is 14.0. The van der Waals surface area contributed by atoms with Gasteiger partial charge in [-0.1, -0.05) is 36.4 Å². The third-order valence-electron chi connectivity index (χ3n) is 3.76. The Morgan fingerprint density at radius 3 is 2.54 bits per heavy atom. The van der Waals surface area contributed by atoms with Gasteiger partial charge >= 0.3 is 5.97 Å². The normalized spacial score (nSPS) is 11.4. The highest BCUT2D eigenvalue weighted by atomic mass is 32.2. The van der Waals surface area contributed by atoms with Gasteiger partial charge < -0.3 is 4.74 Å². The quantitative estimate of drug-likeness (QED) is 0.646. The Hall–Kier alpha value is -2.77. The molecule has 7 heteroatoms. The van der Waals surface area contributed by atoms with Crippen LogP contribution in [0.4, 0.5) is 0 Å². The molecular formula is C19H18N2O4S. The first-order valence-corrected chi connectivity index (χ1v) is 9.57. The molecule has 3 rings (SSSR count). The van der Waals surface area contributed by atoms with Crippen LogP contribution in [0, 0.1) is 0 Å². The number of nitrogens with one attached hydrogen (secondary N) is 1. The standard InChI is InChI=1S/C19H18N2O4S/c22-19(25-14-17-7-3-4-11-20-17)10-12-21-26(23,24)18-9-8-15-5-1-2-6-16(15)13-18/h1-9,11,13,21H,10,12,14H2. The third-order valence-corrected chi connectivity index (χ3v) is 5.22. The van der Waals surface area contributed by atoms with Crippen LogP contribution in [0.1, 0.15) is 12.1 Å². The van der Waals surface area contributed by atoms with Crippen LogP contribution in [0.2, 0.25) is 0 Å². The number of carbonyl (C=O) groups is 1. The molecule has 0 aliphatic rings. The number of pyridine rings is 1. The maximum atomic E-state index is 12.4. The van der Waals surface area contributed by atoms with Crippen molar-refractivity contribution >= 4 is 26.8 Å². The lowest BCUT2D eigenvalue weighted by molar-refractivity contribution is -0.144. The van der Waals surface area contributed by atoms with E-state index in [9.17, 15) is 13.2 Å². The number of fused-ring (bicyclic) bond motifs is 1. The summed E-state index contributed by atoms with van der Waals surface area (Å²) in [5.41, 5.74) is 0.637. The van der Waals surface area contributed by atoms with Gasteiger partial charge in [0.2, 0.25) is 10.0 Å². The summed E-state index contributed by atoms with van der Waals surface area (Å²) in [6.45, 7) is 0.0350. The van der Waals surface area contributed by atoms with Crippen molar-refractivity contribution in [2.75, 3.05) is 6.54 Å². The Labute approximate surface area is 151 Å². The van der Waals surface area contributed by atoms with Crippen molar-refractivity contribution in [3.05, 3.63) is 72.6 Å². The molecule has 6 nitrogen and oxygen atoms in total. The minimum Gasteiger partial charge on any atom is -0.459 e. The Kier molecular flexibility index (Phi) is 5.60. The molecule has 2 aromatic carbocycles. The molecule has 1 aromatic heterocycles. The summed E-state index contributed by atoms with van der Waals surface area (Å²) < 4.78 is 32.2. The summed E-state index contributed by atoms with van der Waals surface area (Å²) in [6, 6.07) is 17.7. The minimum absolute atomic E-state index is 0.0315. The number of benzene rings is 2. The minimum atomic E-state index is -3.68. The number of hydrogen-bond acceptors (Lipinski definition) is 5. The van der Waals surface area contributed by atoms with Crippen molar-refractivity contribution in [1.82, 2.24) is 9.71 Å². The van der Waals surface area contributed by atoms with E-state index in [4.69, 9.17) is 4.74 Å². The molecule has 1 N–H and O–H groups in total. The lowest BCUT2D eigenvalue weighted by Gasteiger charge is -2.08. The van der Waals surface area contributed by atoms with Crippen LogP contribution in [0.25, 0.3) is 10.8 Å². The Bertz CT molecular complexity index is 1000. The summed E-state index contributed by atoms with van der Waals surface area (Å²) in [5.74, 6) is -0.489. The van der Waals surface area contributed by atoms with Gasteiger partial charge in [-0.05, 0) is 35.0 Å². The average Bonchev–Trinajstić information content (AvgIpc) is 2.66. The third kappa shape index (κ3) is 4.65. The van der Waals surface area contributed by atoms with E-state index in [1.54, 1.807) is 42.6 Å². The molecule has 134 valence electrons. The van der Waals surface area contributed by atoms with Crippen molar-refractivity contribution in [3.8, 4) is 0 Å². The van der Waals surface area contributed by atoms with Gasteiger partial charge in [-0.15, -0.1) is 0 Å². The van der Waals surface area contributed by atoms with E-state index in [0.29, 0.717) is 5.69 Å². The largest absolute Gasteiger partial charge is 0.459 e. The SMILES string of the molecule is O=C(CCNS(=O)(=O)c1ccc2ccccc2c1)OCc1ccccn1. The number of nitrogens with zero attached hydrogens (tertiary/aromatic N) is 1. The topological polar surface area (TPSA) is 85.4 Å². The van der Waals surface area contributed by atoms with Crippen LogP contribution in [0.5, 0.6) is 0 Å². The second-order valence-corrected chi connectivity index (χ2v) is 7.41. The van der Waals surface area contributed by atoms with E-state index in [2.05, 4.69) is 9.71 Å². The molecule has 0 aliphatic carbocycles. The van der Waals surface area contributed by atoms with Crippen molar-refractivity contribution in [3.63, 3.8) is 0 Å². The monoisotopic (exact) mass is 370 g/mol. The molecule has 1 heterocycles. The molecular weight excluding hydrogens is 352 g/mol. The fourth-order valence-corrected chi connectivity index (χ4v) is 3.48. The van der Waals surface area contributed by atoms with Gasteiger partial charge in [0.05, 0.1) is 17.0 Å². The van der Waals surface area contributed by atoms with Gasteiger partial charge in [0, 0.05) is 12.7 Å². The zero-order chi connectivity index (χ0) is 18.4. The first-order chi connectivity index (χ1) is 12.5. The van der Waals surface area contributed by atoms with Crippen LogP contribution in [-0.4, -0.2) is 25.9 Å². The number of aromatic nitrogens is 1. The van der Waals surface area contributed by atoms with Gasteiger partial charge in [-0.3, -0.25) is 9.78 Å². The van der Waals surface area contributed by atoms with Crippen LogP contribution >= 0.6 is 0 Å². The lowest BCUT2D eigenvalue weighted by Crippen LogP contribution is -2.26. The van der Waals surface area contributed by atoms with E-state index in [-0.39, 0.29) is 24.5 Å². The van der Waals surface area contributed by atoms with Crippen LogP contribution in [-0.2, 0) is 26.2 Å². The Morgan fingerprint density at radius 1 is 1.00 bits per heavy atom. The van der Waals surface area contributed by atoms with Crippen molar-refractivity contribution < 1.29 is 17.9 Å². The van der Waals surface area contributed by atoms with Crippen molar-refractivity contribution in [2.45, 2.75) is 17.9 Å². The molecule has 3 aromatic rings. The first-order valence-electron chi connectivity index (χ1n) is 8.09. The molecule has 0 atom stereocenters. The summed E-state index contributed by atoms with van der Waals surface area (Å²) in [7, 11) is -3.68. The molecule has 0 aliphatic heterocycles. The van der Waals surface area contributed by atoms with Crippen LogP contribution < -0.4 is 4.72 Å². The van der Waals surface area contributed by atoms with Gasteiger partial charge in [0.25, 0.3) is 0 Å². The smallest absolute Gasteiger partial charge is 0.307 e. The first kappa shape index (κ1) is 18.0. The molecule has 0 fully saturated rings. The zero-order valence-corrected chi connectivity index (χ0v) is 14.8. The summed E-state index contributed by atoms with van der Waals surface area (Å²) >= 11 is 0. The van der Waals surface area contributed by atoms with Gasteiger partial charge in [0.1, 0.15) is 6.61 Å². The highest BCUT2D eigenvalue weighted by Gasteiger charge is 2.15. The van der Waals surface area contributed by atoms with E-state index in [1.165, 1.54) is 0 Å². The van der Waals surface area contributed by atoms with E-state index in [1.807, 2.05) is 24.3 Å². The summed E-state index contributed by atoms with van der Waals surface area (Å²) in [6.07, 6.45) is 1.56. The average molecular weight is 370 g/mol. The van der Waals surface area contributed by atoms with Crippen molar-refractivity contribution in [1.29, 1.82) is 0 Å². The van der Waals surface area contributed by atoms with Crippen LogP contribution in [0.3, 0.4) is 0 Å². The molecule has 0 unspecified atom stereocenters. The number of sulfonamides is 1. The molecule has 0 saturated heterocycles. The molecule has 26 heavy (non-hydrogen) atoms. The summed E-state index contributed by atoms with van der Waals surface area (Å²) in [4.78, 5) is 15.9. The molecule has 0 amide bonds. The fraction of sp³-hybridized carbons (Fsp3) is 0.158. The predicted octanol–water partition coefficient (Wildman–Crippen LogP) is 2.65. The number of carbonyl (C=O) groups excluding carboxylic acids is 1. The Morgan fingerprint density at radius 2 is 1.77 bits per heavy atom. The maximum Gasteiger partial charge on any atom is 0.307 e. The number of ether oxygens (including phenoxy) is 1. The predicted molar refractivity (Wildman–Crippen MR) is 97.8 cm³/mol. The highest BCUT2D eigenvalue weighted by Crippen LogP contribution is 2.18. The van der Waals surface area contributed by atoms with E-state index < -0.39 is 16.0 Å². The summed E-state index contributed by atoms with van der Waals surface area (Å²) in [5, 5.41) is 1.80. The van der Waals surface area contributed by atoms with Crippen molar-refractivity contribution in [2.24, 2.45) is 0 Å². The number of hydrogen-bond donors (Lipinski definition) is 1. The molecule has 0 saturated carbocycles. The van der Waals surface area contributed by atoms with E-state index in [0.717, 1.165) is 10.8 Å². The molecule has 0 bridgehead atoms. The Balaban J connectivity index is 1.53. The number of rotatable bonds is 7. The van der Waals surface area contributed by atoms with E-state index >= 15 is 0 Å². The van der Waals surface area contributed by atoms with Gasteiger partial charge in [-0.2, -0.15) is 0 Å². The van der Waals surface area contributed by atoms with Gasteiger partial charge in [-0.25, -0.2) is 13.1 Å². The fourth-order valence-electron chi connectivity index (χ4n) is 2.42. The second kappa shape index (κ2) is 8.07. The van der Waals surface area contributed by atoms with Crippen LogP contribution in [0.15, 0.2) is 71.8 Å². The second-order valence-electron chi connectivity index (χ2n) is 5.64. The lowest BCUT2D eigenvalue weighted by atomic mass is 10.1. The van der Waals surface area contributed by atoms with Gasteiger partial charge in [0.15, 0.2) is 0 Å². The molecule has 0 radical (unpaired) electrons. The maximum absolute atomic E-state index is 12.4.